The predicted molar refractivity (Wildman–Crippen MR) is 70.5 cm³/mol. The topological polar surface area (TPSA) is 94.3 Å². The second-order valence-electron chi connectivity index (χ2n) is 4.51. The first-order valence-corrected chi connectivity index (χ1v) is 7.63. The first kappa shape index (κ1) is 13.7. The molecule has 0 amide bonds. The van der Waals surface area contributed by atoms with Crippen LogP contribution >= 0.6 is 15.9 Å². The SMILES string of the molecule is CC1(NS(=O)(=O)c2cc(Br)cnc2N)CCOC1. The van der Waals surface area contributed by atoms with Crippen LogP contribution in [0.4, 0.5) is 5.82 Å². The highest BCUT2D eigenvalue weighted by atomic mass is 79.9. The van der Waals surface area contributed by atoms with Crippen LogP contribution in [0.5, 0.6) is 0 Å². The Bertz CT molecular complexity index is 555. The summed E-state index contributed by atoms with van der Waals surface area (Å²) < 4.78 is 32.9. The van der Waals surface area contributed by atoms with Gasteiger partial charge in [0.15, 0.2) is 0 Å². The molecule has 1 aliphatic heterocycles. The van der Waals surface area contributed by atoms with Gasteiger partial charge >= 0.3 is 0 Å². The van der Waals surface area contributed by atoms with Gasteiger partial charge in [-0.3, -0.25) is 0 Å². The van der Waals surface area contributed by atoms with Gasteiger partial charge in [-0.05, 0) is 35.3 Å². The number of nitrogens with zero attached hydrogens (tertiary/aromatic N) is 1. The van der Waals surface area contributed by atoms with Crippen LogP contribution in [0, 0.1) is 0 Å². The molecule has 0 saturated carbocycles. The Morgan fingerprint density at radius 2 is 2.33 bits per heavy atom. The van der Waals surface area contributed by atoms with Gasteiger partial charge in [-0.2, -0.15) is 0 Å². The van der Waals surface area contributed by atoms with Crippen LogP contribution < -0.4 is 10.5 Å². The highest BCUT2D eigenvalue weighted by Gasteiger charge is 2.35. The highest BCUT2D eigenvalue weighted by molar-refractivity contribution is 9.10. The molecule has 0 aliphatic carbocycles. The third-order valence-electron chi connectivity index (χ3n) is 2.74. The molecule has 2 heterocycles. The zero-order valence-corrected chi connectivity index (χ0v) is 12.2. The third-order valence-corrected chi connectivity index (χ3v) is 4.84. The smallest absolute Gasteiger partial charge is 0.244 e. The van der Waals surface area contributed by atoms with Crippen molar-refractivity contribution in [3.05, 3.63) is 16.7 Å². The summed E-state index contributed by atoms with van der Waals surface area (Å²) in [7, 11) is -3.70. The predicted octanol–water partition coefficient (Wildman–Crippen LogP) is 0.884. The number of nitrogens with one attached hydrogen (secondary N) is 1. The number of ether oxygens (including phenoxy) is 1. The number of hydrogen-bond acceptors (Lipinski definition) is 5. The Labute approximate surface area is 114 Å². The molecule has 1 unspecified atom stereocenters. The summed E-state index contributed by atoms with van der Waals surface area (Å²) in [5.74, 6) is -0.0202. The summed E-state index contributed by atoms with van der Waals surface area (Å²) in [6.45, 7) is 2.71. The normalized spacial score (nSPS) is 24.3. The molecule has 18 heavy (non-hydrogen) atoms. The average molecular weight is 336 g/mol. The lowest BCUT2D eigenvalue weighted by Crippen LogP contribution is -2.46. The molecular formula is C10H14BrN3O3S. The van der Waals surface area contributed by atoms with Crippen LogP contribution in [-0.2, 0) is 14.8 Å². The molecule has 6 nitrogen and oxygen atoms in total. The molecule has 2 rings (SSSR count). The number of aromatic nitrogens is 1. The second-order valence-corrected chi connectivity index (χ2v) is 7.07. The molecule has 3 N–H and O–H groups in total. The summed E-state index contributed by atoms with van der Waals surface area (Å²) in [4.78, 5) is 3.80. The van der Waals surface area contributed by atoms with Crippen molar-refractivity contribution in [1.29, 1.82) is 0 Å². The third kappa shape index (κ3) is 2.82. The average Bonchev–Trinajstić information content (AvgIpc) is 2.67. The van der Waals surface area contributed by atoms with Crippen molar-refractivity contribution in [1.82, 2.24) is 9.71 Å². The Morgan fingerprint density at radius 1 is 1.61 bits per heavy atom. The maximum absolute atomic E-state index is 12.3. The maximum atomic E-state index is 12.3. The number of halogens is 1. The molecule has 8 heteroatoms. The molecule has 1 saturated heterocycles. The van der Waals surface area contributed by atoms with Crippen LogP contribution in [0.15, 0.2) is 21.6 Å². The standard InChI is InChI=1S/C10H14BrN3O3S/c1-10(2-3-17-6-10)14-18(15,16)8-4-7(11)5-13-9(8)12/h4-5,14H,2-3,6H2,1H3,(H2,12,13). The summed E-state index contributed by atoms with van der Waals surface area (Å²) >= 11 is 3.18. The van der Waals surface area contributed by atoms with Gasteiger partial charge in [0.2, 0.25) is 10.0 Å². The van der Waals surface area contributed by atoms with Crippen molar-refractivity contribution >= 4 is 31.8 Å². The summed E-state index contributed by atoms with van der Waals surface area (Å²) in [6.07, 6.45) is 2.09. The van der Waals surface area contributed by atoms with E-state index in [4.69, 9.17) is 10.5 Å². The molecule has 100 valence electrons. The Morgan fingerprint density at radius 3 is 2.94 bits per heavy atom. The van der Waals surface area contributed by atoms with E-state index in [1.807, 2.05) is 0 Å². The Hall–Kier alpha value is -0.700. The van der Waals surface area contributed by atoms with Gasteiger partial charge in [-0.15, -0.1) is 0 Å². The zero-order valence-electron chi connectivity index (χ0n) is 9.81. The fourth-order valence-electron chi connectivity index (χ4n) is 1.77. The molecule has 0 aromatic carbocycles. The van der Waals surface area contributed by atoms with Gasteiger partial charge in [-0.1, -0.05) is 0 Å². The van der Waals surface area contributed by atoms with Crippen molar-refractivity contribution in [2.75, 3.05) is 18.9 Å². The van der Waals surface area contributed by atoms with E-state index in [0.29, 0.717) is 24.1 Å². The molecule has 0 spiro atoms. The molecular weight excluding hydrogens is 322 g/mol. The van der Waals surface area contributed by atoms with Gasteiger partial charge in [0.05, 0.1) is 12.1 Å². The number of hydrogen-bond donors (Lipinski definition) is 2. The zero-order chi connectivity index (χ0) is 13.4. The minimum Gasteiger partial charge on any atom is -0.383 e. The van der Waals surface area contributed by atoms with Gasteiger partial charge in [0, 0.05) is 17.3 Å². The highest BCUT2D eigenvalue weighted by Crippen LogP contribution is 2.25. The lowest BCUT2D eigenvalue weighted by Gasteiger charge is -2.23. The minimum absolute atomic E-state index is 0.0202. The molecule has 1 aromatic heterocycles. The number of nitrogens with two attached hydrogens (primary N) is 1. The molecule has 1 aliphatic rings. The molecule has 1 aromatic rings. The van der Waals surface area contributed by atoms with Crippen LogP contribution in [0.3, 0.4) is 0 Å². The monoisotopic (exact) mass is 335 g/mol. The molecule has 1 atom stereocenters. The van der Waals surface area contributed by atoms with Crippen LogP contribution in [0.2, 0.25) is 0 Å². The molecule has 0 radical (unpaired) electrons. The quantitative estimate of drug-likeness (QED) is 0.855. The maximum Gasteiger partial charge on any atom is 0.244 e. The van der Waals surface area contributed by atoms with Gasteiger partial charge in [-0.25, -0.2) is 18.1 Å². The van der Waals surface area contributed by atoms with Crippen LogP contribution in [0.1, 0.15) is 13.3 Å². The van der Waals surface area contributed by atoms with Gasteiger partial charge < -0.3 is 10.5 Å². The van der Waals surface area contributed by atoms with Crippen molar-refractivity contribution < 1.29 is 13.2 Å². The number of pyridine rings is 1. The number of anilines is 1. The fraction of sp³-hybridized carbons (Fsp3) is 0.500. The number of rotatable bonds is 3. The van der Waals surface area contributed by atoms with E-state index in [1.165, 1.54) is 12.3 Å². The summed E-state index contributed by atoms with van der Waals surface area (Å²) in [5, 5.41) is 0. The van der Waals surface area contributed by atoms with Crippen molar-refractivity contribution in [3.63, 3.8) is 0 Å². The van der Waals surface area contributed by atoms with E-state index in [9.17, 15) is 8.42 Å². The molecule has 0 bridgehead atoms. The largest absolute Gasteiger partial charge is 0.383 e. The summed E-state index contributed by atoms with van der Waals surface area (Å²) in [5.41, 5.74) is 5.02. The van der Waals surface area contributed by atoms with E-state index in [2.05, 4.69) is 25.6 Å². The summed E-state index contributed by atoms with van der Waals surface area (Å²) in [6, 6.07) is 1.43. The van der Waals surface area contributed by atoms with Crippen LogP contribution in [-0.4, -0.2) is 32.2 Å². The van der Waals surface area contributed by atoms with E-state index in [-0.39, 0.29) is 10.7 Å². The van der Waals surface area contributed by atoms with Crippen molar-refractivity contribution in [3.8, 4) is 0 Å². The van der Waals surface area contributed by atoms with Gasteiger partial charge in [0.25, 0.3) is 0 Å². The lowest BCUT2D eigenvalue weighted by molar-refractivity contribution is 0.178. The van der Waals surface area contributed by atoms with Crippen molar-refractivity contribution in [2.24, 2.45) is 0 Å². The first-order chi connectivity index (χ1) is 8.32. The first-order valence-electron chi connectivity index (χ1n) is 5.35. The number of sulfonamides is 1. The molecule has 1 fully saturated rings. The lowest BCUT2D eigenvalue weighted by atomic mass is 10.0. The second kappa shape index (κ2) is 4.76. The van der Waals surface area contributed by atoms with E-state index in [0.717, 1.165) is 0 Å². The van der Waals surface area contributed by atoms with E-state index < -0.39 is 15.6 Å². The Kier molecular flexibility index (Phi) is 3.63. The number of nitrogen functional groups attached to an aromatic ring is 1. The van der Waals surface area contributed by atoms with Crippen molar-refractivity contribution in [2.45, 2.75) is 23.8 Å². The Balaban J connectivity index is 2.33. The van der Waals surface area contributed by atoms with E-state index in [1.54, 1.807) is 6.92 Å². The van der Waals surface area contributed by atoms with Gasteiger partial charge in [0.1, 0.15) is 10.7 Å². The van der Waals surface area contributed by atoms with E-state index >= 15 is 0 Å². The fourth-order valence-corrected chi connectivity index (χ4v) is 3.79. The van der Waals surface area contributed by atoms with Crippen LogP contribution in [0.25, 0.3) is 0 Å². The minimum atomic E-state index is -3.70.